The van der Waals surface area contributed by atoms with Gasteiger partial charge in [0.15, 0.2) is 0 Å². The van der Waals surface area contributed by atoms with Gasteiger partial charge in [0, 0.05) is 25.0 Å². The number of methoxy groups -OCH3 is 2. The minimum absolute atomic E-state index is 0.0177. The van der Waals surface area contributed by atoms with E-state index in [1.807, 2.05) is 0 Å². The molecule has 0 aliphatic rings. The van der Waals surface area contributed by atoms with Crippen molar-refractivity contribution in [2.45, 2.75) is 12.4 Å². The zero-order chi connectivity index (χ0) is 36.0. The van der Waals surface area contributed by atoms with Crippen molar-refractivity contribution < 1.29 is 59.8 Å². The molecule has 10 nitrogen and oxygen atoms in total. The van der Waals surface area contributed by atoms with Crippen LogP contribution in [0.2, 0.25) is 0 Å². The van der Waals surface area contributed by atoms with E-state index in [1.54, 1.807) is 45.2 Å². The Hall–Kier alpha value is -4.34. The fourth-order valence-corrected chi connectivity index (χ4v) is 4.76. The first kappa shape index (κ1) is 38.1. The maximum Gasteiger partial charge on any atom is 0.420 e. The molecule has 0 radical (unpaired) electrons. The number of anilines is 1. The summed E-state index contributed by atoms with van der Waals surface area (Å²) in [6, 6.07) is 14.1. The Labute approximate surface area is 294 Å². The van der Waals surface area contributed by atoms with Crippen molar-refractivity contribution >= 4 is 68.5 Å². The highest BCUT2D eigenvalue weighted by Gasteiger charge is 2.36. The predicted octanol–water partition coefficient (Wildman–Crippen LogP) is 9.27. The topological polar surface area (TPSA) is 140 Å². The summed E-state index contributed by atoms with van der Waals surface area (Å²) < 4.78 is 98.9. The minimum atomic E-state index is -4.65. The van der Waals surface area contributed by atoms with Gasteiger partial charge in [0.25, 0.3) is 5.69 Å². The van der Waals surface area contributed by atoms with E-state index >= 15 is 0 Å². The second kappa shape index (κ2) is 15.7. The van der Waals surface area contributed by atoms with Gasteiger partial charge in [-0.2, -0.15) is 26.3 Å². The lowest BCUT2D eigenvalue weighted by atomic mass is 10.1. The second-order valence-corrected chi connectivity index (χ2v) is 11.6. The van der Waals surface area contributed by atoms with Gasteiger partial charge in [-0.3, -0.25) is 10.1 Å². The van der Waals surface area contributed by atoms with Gasteiger partial charge in [0.2, 0.25) is 0 Å². The fourth-order valence-electron chi connectivity index (χ4n) is 3.78. The number of hydrogen-bond acceptors (Lipinski definition) is 9. The number of nitrogen functional groups attached to an aromatic ring is 1. The van der Waals surface area contributed by atoms with E-state index in [0.717, 1.165) is 43.5 Å². The lowest BCUT2D eigenvalue weighted by Crippen LogP contribution is -2.08. The lowest BCUT2D eigenvalue weighted by Gasteiger charge is -2.15. The number of rotatable bonds is 7. The summed E-state index contributed by atoms with van der Waals surface area (Å²) in [5.41, 5.74) is 2.93. The fraction of sp³-hybridized carbons (Fsp3) is 0.133. The molecule has 0 spiro atoms. The first-order valence-corrected chi connectivity index (χ1v) is 14.9. The third-order valence-corrected chi connectivity index (χ3v) is 7.29. The Kier molecular flexibility index (Phi) is 12.5. The molecule has 4 aromatic carbocycles. The maximum absolute atomic E-state index is 13.1. The molecule has 0 bridgehead atoms. The SMILES string of the molecule is COC(=O)c1cc(Oc2ccc(I)cc2C(F)(F)F)ccc1N.COC(=O)c1cc(Oc2ccc(I)cc2C(F)(F)F)ccc1[N+](=O)[O-]. The standard InChI is InChI=1S/C15H9F3INO5.C15H11F3INO3/c1-24-14(21)10-7-9(3-4-12(10)20(22)23)25-13-5-2-8(19)6-11(13)15(16,17)18;1-22-14(21)10-7-9(3-4-12(10)20)23-13-5-2-8(19)6-11(13)15(16,17)18/h2-7H,1H3;2-7H,20H2,1H3. The monoisotopic (exact) mass is 904 g/mol. The average Bonchev–Trinajstić information content (AvgIpc) is 3.02. The molecule has 48 heavy (non-hydrogen) atoms. The van der Waals surface area contributed by atoms with Crippen molar-refractivity contribution in [3.8, 4) is 23.0 Å². The molecule has 0 fully saturated rings. The van der Waals surface area contributed by atoms with Gasteiger partial charge < -0.3 is 24.7 Å². The number of benzene rings is 4. The number of carbonyl (C=O) groups is 2. The minimum Gasteiger partial charge on any atom is -0.465 e. The number of ether oxygens (including phenoxy) is 4. The molecule has 18 heteroatoms. The Bertz CT molecular complexity index is 1850. The molecule has 254 valence electrons. The largest absolute Gasteiger partial charge is 0.465 e. The highest BCUT2D eigenvalue weighted by Crippen LogP contribution is 2.41. The molecule has 0 amide bonds. The maximum atomic E-state index is 13.1. The smallest absolute Gasteiger partial charge is 0.420 e. The second-order valence-electron chi connectivity index (χ2n) is 9.15. The van der Waals surface area contributed by atoms with Gasteiger partial charge in [-0.1, -0.05) is 0 Å². The summed E-state index contributed by atoms with van der Waals surface area (Å²) >= 11 is 3.52. The van der Waals surface area contributed by atoms with Crippen LogP contribution in [0, 0.1) is 17.3 Å². The highest BCUT2D eigenvalue weighted by atomic mass is 127. The molecule has 0 heterocycles. The third kappa shape index (κ3) is 9.84. The van der Waals surface area contributed by atoms with Crippen LogP contribution in [0.5, 0.6) is 23.0 Å². The lowest BCUT2D eigenvalue weighted by molar-refractivity contribution is -0.385. The molecule has 0 saturated carbocycles. The summed E-state index contributed by atoms with van der Waals surface area (Å²) in [6.45, 7) is 0. The third-order valence-electron chi connectivity index (χ3n) is 5.95. The van der Waals surface area contributed by atoms with E-state index in [1.165, 1.54) is 43.5 Å². The summed E-state index contributed by atoms with van der Waals surface area (Å²) in [7, 11) is 2.21. The Balaban J connectivity index is 0.000000261. The molecule has 0 aliphatic heterocycles. The number of carbonyl (C=O) groups excluding carboxylic acids is 2. The average molecular weight is 904 g/mol. The van der Waals surface area contributed by atoms with Crippen molar-refractivity contribution in [2.24, 2.45) is 0 Å². The van der Waals surface area contributed by atoms with Crippen LogP contribution >= 0.6 is 45.2 Å². The first-order chi connectivity index (χ1) is 22.3. The van der Waals surface area contributed by atoms with Gasteiger partial charge in [0.1, 0.15) is 28.6 Å². The van der Waals surface area contributed by atoms with Gasteiger partial charge in [0.05, 0.1) is 35.8 Å². The van der Waals surface area contributed by atoms with Gasteiger partial charge >= 0.3 is 24.3 Å². The van der Waals surface area contributed by atoms with Crippen molar-refractivity contribution in [3.63, 3.8) is 0 Å². The molecule has 0 unspecified atom stereocenters. The van der Waals surface area contributed by atoms with Gasteiger partial charge in [-0.15, -0.1) is 0 Å². The van der Waals surface area contributed by atoms with E-state index in [-0.39, 0.29) is 28.5 Å². The number of alkyl halides is 6. The number of esters is 2. The quantitative estimate of drug-likeness (QED) is 0.0480. The van der Waals surface area contributed by atoms with E-state index < -0.39 is 57.3 Å². The van der Waals surface area contributed by atoms with Gasteiger partial charge in [-0.25, -0.2) is 9.59 Å². The van der Waals surface area contributed by atoms with Crippen LogP contribution < -0.4 is 15.2 Å². The van der Waals surface area contributed by atoms with Crippen molar-refractivity contribution in [1.29, 1.82) is 0 Å². The van der Waals surface area contributed by atoms with E-state index in [4.69, 9.17) is 15.2 Å². The van der Waals surface area contributed by atoms with Crippen LogP contribution in [0.4, 0.5) is 37.7 Å². The van der Waals surface area contributed by atoms with Gasteiger partial charge in [-0.05, 0) is 106 Å². The number of nitro benzene ring substituents is 1. The Morgan fingerprint density at radius 2 is 1.10 bits per heavy atom. The molecule has 0 aliphatic carbocycles. The molecule has 0 aromatic heterocycles. The highest BCUT2D eigenvalue weighted by molar-refractivity contribution is 14.1. The number of hydrogen-bond donors (Lipinski definition) is 1. The van der Waals surface area contributed by atoms with Crippen LogP contribution in [0.3, 0.4) is 0 Å². The van der Waals surface area contributed by atoms with Crippen LogP contribution in [-0.2, 0) is 21.8 Å². The summed E-state index contributed by atoms with van der Waals surface area (Å²) in [5, 5.41) is 10.9. The predicted molar refractivity (Wildman–Crippen MR) is 175 cm³/mol. The molecule has 4 rings (SSSR count). The van der Waals surface area contributed by atoms with Crippen molar-refractivity contribution in [1.82, 2.24) is 0 Å². The molecule has 4 aromatic rings. The van der Waals surface area contributed by atoms with Crippen LogP contribution in [0.15, 0.2) is 72.8 Å². The Morgan fingerprint density at radius 3 is 1.52 bits per heavy atom. The van der Waals surface area contributed by atoms with E-state index in [2.05, 4.69) is 9.47 Å². The van der Waals surface area contributed by atoms with Crippen LogP contribution in [0.1, 0.15) is 31.8 Å². The molecular weight excluding hydrogens is 884 g/mol. The summed E-state index contributed by atoms with van der Waals surface area (Å²) in [5.74, 6) is -2.68. The molecular formula is C30H20F6I2N2O8. The number of halogens is 8. The first-order valence-electron chi connectivity index (χ1n) is 12.8. The zero-order valence-electron chi connectivity index (χ0n) is 24.2. The van der Waals surface area contributed by atoms with Crippen LogP contribution in [0.25, 0.3) is 0 Å². The number of nitrogens with zero attached hydrogens (tertiary/aromatic N) is 1. The van der Waals surface area contributed by atoms with E-state index in [0.29, 0.717) is 7.14 Å². The summed E-state index contributed by atoms with van der Waals surface area (Å²) in [4.78, 5) is 33.4. The van der Waals surface area contributed by atoms with E-state index in [9.17, 15) is 46.0 Å². The van der Waals surface area contributed by atoms with Crippen molar-refractivity contribution in [3.05, 3.63) is 112 Å². The number of nitrogens with two attached hydrogens (primary N) is 1. The molecule has 0 atom stereocenters. The number of nitro groups is 1. The Morgan fingerprint density at radius 1 is 0.688 bits per heavy atom. The van der Waals surface area contributed by atoms with Crippen LogP contribution in [-0.4, -0.2) is 31.1 Å². The molecule has 2 N–H and O–H groups in total. The summed E-state index contributed by atoms with van der Waals surface area (Å²) in [6.07, 6.45) is -9.21. The normalized spacial score (nSPS) is 11.1. The van der Waals surface area contributed by atoms with Crippen molar-refractivity contribution in [2.75, 3.05) is 20.0 Å². The molecule has 0 saturated heterocycles. The zero-order valence-corrected chi connectivity index (χ0v) is 28.6.